The number of nitrogens with zero attached hydrogens (tertiary/aromatic N) is 4. The van der Waals surface area contributed by atoms with Crippen LogP contribution in [0, 0.1) is 0 Å². The molecule has 1 fully saturated rings. The summed E-state index contributed by atoms with van der Waals surface area (Å²) in [6.45, 7) is 1.42. The average Bonchev–Trinajstić information content (AvgIpc) is 3.47. The van der Waals surface area contributed by atoms with E-state index in [4.69, 9.17) is 0 Å². The molecular weight excluding hydrogens is 440 g/mol. The van der Waals surface area contributed by atoms with Crippen LogP contribution in [0.1, 0.15) is 18.9 Å². The minimum absolute atomic E-state index is 0.332. The number of hydrogen-bond donors (Lipinski definition) is 2. The summed E-state index contributed by atoms with van der Waals surface area (Å²) in [5, 5.41) is 10.1. The normalized spacial score (nSPS) is 18.0. The Bertz CT molecular complexity index is 1320. The molecule has 1 aliphatic heterocycles. The predicted octanol–water partition coefficient (Wildman–Crippen LogP) is 3.25. The van der Waals surface area contributed by atoms with Gasteiger partial charge in [0.15, 0.2) is 0 Å². The van der Waals surface area contributed by atoms with E-state index < -0.39 is 29.9 Å². The van der Waals surface area contributed by atoms with Gasteiger partial charge in [-0.2, -0.15) is 0 Å². The van der Waals surface area contributed by atoms with Crippen molar-refractivity contribution >= 4 is 39.3 Å². The molecule has 2 N–H and O–H groups in total. The highest BCUT2D eigenvalue weighted by atomic mass is 32.1. The monoisotopic (exact) mass is 460 g/mol. The molecule has 5 rings (SSSR count). The van der Waals surface area contributed by atoms with Gasteiger partial charge in [0, 0.05) is 5.56 Å². The third kappa shape index (κ3) is 3.64. The number of fused-ring (bicyclic) bond motifs is 1. The third-order valence-electron chi connectivity index (χ3n) is 5.63. The molecular formula is C23H20N6O3S. The SMILES string of the molecule is CC[C@@]1(c2ccccc2)NC(=O)N(CC(=O)Nc2nn3cc(-c4ccccc4)nc3s2)C1=O. The summed E-state index contributed by atoms with van der Waals surface area (Å²) in [6, 6.07) is 18.2. The number of amides is 4. The number of rotatable bonds is 6. The number of aromatic nitrogens is 3. The number of nitrogens with one attached hydrogen (secondary N) is 2. The minimum atomic E-state index is -1.17. The fourth-order valence-corrected chi connectivity index (χ4v) is 4.73. The highest BCUT2D eigenvalue weighted by molar-refractivity contribution is 7.20. The summed E-state index contributed by atoms with van der Waals surface area (Å²) in [6.07, 6.45) is 2.15. The molecule has 2 aromatic carbocycles. The lowest BCUT2D eigenvalue weighted by atomic mass is 9.87. The van der Waals surface area contributed by atoms with E-state index in [0.29, 0.717) is 22.1 Å². The molecule has 1 aliphatic rings. The number of anilines is 1. The number of hydrogen-bond acceptors (Lipinski definition) is 6. The van der Waals surface area contributed by atoms with E-state index in [0.717, 1.165) is 16.2 Å². The van der Waals surface area contributed by atoms with E-state index in [9.17, 15) is 14.4 Å². The van der Waals surface area contributed by atoms with E-state index in [1.54, 1.807) is 22.8 Å². The number of urea groups is 1. The van der Waals surface area contributed by atoms with Gasteiger partial charge in [0.2, 0.25) is 16.0 Å². The lowest BCUT2D eigenvalue weighted by Gasteiger charge is -2.25. The molecule has 1 atom stereocenters. The fourth-order valence-electron chi connectivity index (χ4n) is 3.93. The largest absolute Gasteiger partial charge is 0.325 e. The zero-order valence-electron chi connectivity index (χ0n) is 17.7. The highest BCUT2D eigenvalue weighted by Crippen LogP contribution is 2.32. The van der Waals surface area contributed by atoms with Crippen molar-refractivity contribution in [3.8, 4) is 11.3 Å². The minimum Gasteiger partial charge on any atom is -0.319 e. The van der Waals surface area contributed by atoms with Crippen molar-refractivity contribution in [2.75, 3.05) is 11.9 Å². The number of imide groups is 1. The summed E-state index contributed by atoms with van der Waals surface area (Å²) in [4.78, 5) is 44.5. The maximum absolute atomic E-state index is 13.2. The van der Waals surface area contributed by atoms with Gasteiger partial charge in [-0.15, -0.1) is 5.10 Å². The van der Waals surface area contributed by atoms with Crippen LogP contribution in [0.5, 0.6) is 0 Å². The van der Waals surface area contributed by atoms with Crippen LogP contribution in [0.2, 0.25) is 0 Å². The molecule has 1 saturated heterocycles. The second kappa shape index (κ2) is 8.14. The van der Waals surface area contributed by atoms with Gasteiger partial charge in [-0.25, -0.2) is 14.3 Å². The van der Waals surface area contributed by atoms with E-state index in [1.807, 2.05) is 55.5 Å². The molecule has 3 heterocycles. The van der Waals surface area contributed by atoms with Crippen molar-refractivity contribution in [2.24, 2.45) is 0 Å². The van der Waals surface area contributed by atoms with Crippen LogP contribution in [0.4, 0.5) is 9.93 Å². The molecule has 4 aromatic rings. The van der Waals surface area contributed by atoms with E-state index in [-0.39, 0.29) is 0 Å². The Morgan fingerprint density at radius 2 is 1.79 bits per heavy atom. The summed E-state index contributed by atoms with van der Waals surface area (Å²) >= 11 is 1.21. The first kappa shape index (κ1) is 20.8. The number of carbonyl (C=O) groups excluding carboxylic acids is 3. The van der Waals surface area contributed by atoms with Gasteiger partial charge in [0.1, 0.15) is 12.1 Å². The van der Waals surface area contributed by atoms with Crippen molar-refractivity contribution in [1.29, 1.82) is 0 Å². The average molecular weight is 461 g/mol. The molecule has 2 aromatic heterocycles. The first-order chi connectivity index (χ1) is 16.0. The Balaban J connectivity index is 1.30. The topological polar surface area (TPSA) is 109 Å². The van der Waals surface area contributed by atoms with Gasteiger partial charge < -0.3 is 5.32 Å². The van der Waals surface area contributed by atoms with Crippen LogP contribution in [-0.4, -0.2) is 43.9 Å². The van der Waals surface area contributed by atoms with Crippen LogP contribution in [0.25, 0.3) is 16.2 Å². The van der Waals surface area contributed by atoms with Gasteiger partial charge in [0.25, 0.3) is 5.91 Å². The maximum Gasteiger partial charge on any atom is 0.325 e. The van der Waals surface area contributed by atoms with Gasteiger partial charge >= 0.3 is 6.03 Å². The highest BCUT2D eigenvalue weighted by Gasteiger charge is 2.51. The Morgan fingerprint density at radius 1 is 1.09 bits per heavy atom. The van der Waals surface area contributed by atoms with Crippen LogP contribution in [0.15, 0.2) is 66.9 Å². The van der Waals surface area contributed by atoms with Gasteiger partial charge in [-0.3, -0.25) is 19.8 Å². The number of carbonyl (C=O) groups is 3. The van der Waals surface area contributed by atoms with Crippen molar-refractivity contribution < 1.29 is 14.4 Å². The Labute approximate surface area is 193 Å². The van der Waals surface area contributed by atoms with Gasteiger partial charge in [-0.1, -0.05) is 78.9 Å². The summed E-state index contributed by atoms with van der Waals surface area (Å²) in [5.74, 6) is -0.962. The smallest absolute Gasteiger partial charge is 0.319 e. The number of benzene rings is 2. The van der Waals surface area contributed by atoms with E-state index in [2.05, 4.69) is 20.7 Å². The predicted molar refractivity (Wildman–Crippen MR) is 124 cm³/mol. The number of imidazole rings is 1. The van der Waals surface area contributed by atoms with Crippen molar-refractivity contribution in [1.82, 2.24) is 24.8 Å². The molecule has 0 unspecified atom stereocenters. The van der Waals surface area contributed by atoms with Gasteiger partial charge in [-0.05, 0) is 12.0 Å². The lowest BCUT2D eigenvalue weighted by Crippen LogP contribution is -2.44. The van der Waals surface area contributed by atoms with E-state index >= 15 is 0 Å². The molecule has 33 heavy (non-hydrogen) atoms. The molecule has 4 amide bonds. The first-order valence-corrected chi connectivity index (χ1v) is 11.2. The summed E-state index contributed by atoms with van der Waals surface area (Å²) in [7, 11) is 0. The molecule has 0 saturated carbocycles. The maximum atomic E-state index is 13.2. The zero-order chi connectivity index (χ0) is 23.0. The fraction of sp³-hybridized carbons (Fsp3) is 0.174. The van der Waals surface area contributed by atoms with Crippen molar-refractivity contribution in [3.05, 3.63) is 72.4 Å². The summed E-state index contributed by atoms with van der Waals surface area (Å²) in [5.41, 5.74) is 1.26. The Morgan fingerprint density at radius 3 is 2.45 bits per heavy atom. The van der Waals surface area contributed by atoms with Crippen LogP contribution in [0.3, 0.4) is 0 Å². The third-order valence-corrected chi connectivity index (χ3v) is 6.47. The van der Waals surface area contributed by atoms with Crippen molar-refractivity contribution in [3.63, 3.8) is 0 Å². The van der Waals surface area contributed by atoms with E-state index in [1.165, 1.54) is 11.3 Å². The van der Waals surface area contributed by atoms with Crippen LogP contribution < -0.4 is 10.6 Å². The molecule has 166 valence electrons. The Hall–Kier alpha value is -4.05. The molecule has 0 aliphatic carbocycles. The standard InChI is InChI=1S/C23H20N6O3S/c1-2-23(16-11-7-4-8-12-16)19(31)28(21(32)26-23)14-18(30)25-20-27-29-13-17(24-22(29)33-20)15-9-5-3-6-10-15/h3-13H,2,14H2,1H3,(H,26,32)(H,25,27,30)/t23-/m0/s1. The molecule has 10 heteroatoms. The second-order valence-corrected chi connectivity index (χ2v) is 8.58. The molecule has 0 spiro atoms. The quantitative estimate of drug-likeness (QED) is 0.430. The van der Waals surface area contributed by atoms with Crippen molar-refractivity contribution in [2.45, 2.75) is 18.9 Å². The lowest BCUT2D eigenvalue weighted by molar-refractivity contribution is -0.134. The van der Waals surface area contributed by atoms with Crippen LogP contribution >= 0.6 is 11.3 Å². The Kier molecular flexibility index (Phi) is 5.14. The van der Waals surface area contributed by atoms with Crippen LogP contribution in [-0.2, 0) is 15.1 Å². The molecule has 0 bridgehead atoms. The second-order valence-electron chi connectivity index (χ2n) is 7.62. The molecule has 0 radical (unpaired) electrons. The zero-order valence-corrected chi connectivity index (χ0v) is 18.5. The summed E-state index contributed by atoms with van der Waals surface area (Å²) < 4.78 is 1.59. The van der Waals surface area contributed by atoms with Gasteiger partial charge in [0.05, 0.1) is 11.9 Å². The first-order valence-electron chi connectivity index (χ1n) is 10.4. The molecule has 9 nitrogen and oxygen atoms in total.